The van der Waals surface area contributed by atoms with Gasteiger partial charge in [0, 0.05) is 12.1 Å². The molecule has 1 unspecified atom stereocenters. The molecule has 0 aliphatic carbocycles. The van der Waals surface area contributed by atoms with E-state index in [1.165, 1.54) is 0 Å². The van der Waals surface area contributed by atoms with Crippen molar-refractivity contribution in [2.45, 2.75) is 33.3 Å². The van der Waals surface area contributed by atoms with Crippen molar-refractivity contribution in [3.63, 3.8) is 0 Å². The van der Waals surface area contributed by atoms with Gasteiger partial charge in [-0.1, -0.05) is 19.1 Å². The molecular formula is C17H21NO4. The van der Waals surface area contributed by atoms with Crippen LogP contribution in [0, 0.1) is 0 Å². The zero-order valence-corrected chi connectivity index (χ0v) is 13.2. The number of hydrogen-bond acceptors (Lipinski definition) is 4. The summed E-state index contributed by atoms with van der Waals surface area (Å²) in [5.74, 6) is 0.847. The average molecular weight is 303 g/mol. The zero-order valence-electron chi connectivity index (χ0n) is 13.2. The summed E-state index contributed by atoms with van der Waals surface area (Å²) in [7, 11) is 0. The number of amides is 1. The molecule has 1 aliphatic heterocycles. The first-order valence-corrected chi connectivity index (χ1v) is 7.36. The van der Waals surface area contributed by atoms with Crippen molar-refractivity contribution in [2.75, 3.05) is 18.1 Å². The first kappa shape index (κ1) is 16.1. The second kappa shape index (κ2) is 6.64. The Balaban J connectivity index is 2.54. The molecule has 1 amide bonds. The van der Waals surface area contributed by atoms with Gasteiger partial charge in [-0.25, -0.2) is 0 Å². The average Bonchev–Trinajstić information content (AvgIpc) is 2.49. The highest BCUT2D eigenvalue weighted by Crippen LogP contribution is 2.43. The molecule has 5 nitrogen and oxygen atoms in total. The number of nitrogens with zero attached hydrogens (tertiary/aromatic N) is 1. The topological polar surface area (TPSA) is 55.8 Å². The molecule has 1 aliphatic rings. The van der Waals surface area contributed by atoms with Crippen LogP contribution in [0.2, 0.25) is 0 Å². The quantitative estimate of drug-likeness (QED) is 0.599. The molecule has 0 saturated carbocycles. The van der Waals surface area contributed by atoms with Gasteiger partial charge in [-0.2, -0.15) is 0 Å². The SMILES string of the molecule is C=C(C)CN1C(=O)C(C)Oc2c(OCCC)cc(C=O)cc21. The van der Waals surface area contributed by atoms with Gasteiger partial charge in [0.2, 0.25) is 0 Å². The van der Waals surface area contributed by atoms with Gasteiger partial charge >= 0.3 is 0 Å². The lowest BCUT2D eigenvalue weighted by atomic mass is 10.1. The van der Waals surface area contributed by atoms with Gasteiger partial charge in [0.15, 0.2) is 17.6 Å². The van der Waals surface area contributed by atoms with Gasteiger partial charge in [-0.3, -0.25) is 9.59 Å². The number of aldehydes is 1. The van der Waals surface area contributed by atoms with Crippen LogP contribution >= 0.6 is 0 Å². The van der Waals surface area contributed by atoms with Crippen molar-refractivity contribution < 1.29 is 19.1 Å². The van der Waals surface area contributed by atoms with Gasteiger partial charge in [-0.15, -0.1) is 0 Å². The standard InChI is InChI=1S/C17H21NO4/c1-5-6-21-15-8-13(10-19)7-14-16(15)22-12(4)17(20)18(14)9-11(2)3/h7-8,10,12H,2,5-6,9H2,1,3-4H3. The molecule has 0 saturated heterocycles. The molecule has 1 aromatic rings. The number of hydrogen-bond donors (Lipinski definition) is 0. The molecule has 5 heteroatoms. The number of benzene rings is 1. The summed E-state index contributed by atoms with van der Waals surface area (Å²) in [6, 6.07) is 3.29. The Morgan fingerprint density at radius 1 is 1.50 bits per heavy atom. The maximum absolute atomic E-state index is 12.4. The van der Waals surface area contributed by atoms with Crippen LogP contribution in [0.5, 0.6) is 11.5 Å². The third-order valence-corrected chi connectivity index (χ3v) is 3.28. The molecule has 1 heterocycles. The van der Waals surface area contributed by atoms with E-state index in [2.05, 4.69) is 6.58 Å². The lowest BCUT2D eigenvalue weighted by Crippen LogP contribution is -2.45. The van der Waals surface area contributed by atoms with Crippen LogP contribution in [-0.4, -0.2) is 31.4 Å². The first-order chi connectivity index (χ1) is 10.5. The highest BCUT2D eigenvalue weighted by molar-refractivity contribution is 6.01. The van der Waals surface area contributed by atoms with Crippen LogP contribution in [0.4, 0.5) is 5.69 Å². The molecule has 0 fully saturated rings. The Hall–Kier alpha value is -2.30. The molecule has 22 heavy (non-hydrogen) atoms. The molecule has 1 atom stereocenters. The third-order valence-electron chi connectivity index (χ3n) is 3.28. The number of carbonyl (C=O) groups excluding carboxylic acids is 2. The van der Waals surface area contributed by atoms with E-state index in [4.69, 9.17) is 9.47 Å². The van der Waals surface area contributed by atoms with E-state index in [0.29, 0.717) is 35.9 Å². The second-order valence-corrected chi connectivity index (χ2v) is 5.48. The van der Waals surface area contributed by atoms with Crippen LogP contribution in [0.1, 0.15) is 37.6 Å². The fourth-order valence-corrected chi connectivity index (χ4v) is 2.31. The minimum Gasteiger partial charge on any atom is -0.490 e. The fourth-order valence-electron chi connectivity index (χ4n) is 2.31. The summed E-state index contributed by atoms with van der Waals surface area (Å²) < 4.78 is 11.4. The minimum absolute atomic E-state index is 0.153. The number of anilines is 1. The molecule has 0 radical (unpaired) electrons. The molecule has 0 N–H and O–H groups in total. The lowest BCUT2D eigenvalue weighted by Gasteiger charge is -2.34. The summed E-state index contributed by atoms with van der Waals surface area (Å²) in [6.07, 6.45) is 0.975. The van der Waals surface area contributed by atoms with Crippen LogP contribution in [0.25, 0.3) is 0 Å². The Kier molecular flexibility index (Phi) is 4.85. The van der Waals surface area contributed by atoms with Gasteiger partial charge in [0.1, 0.15) is 6.29 Å². The molecule has 0 spiro atoms. The van der Waals surface area contributed by atoms with E-state index in [0.717, 1.165) is 18.3 Å². The molecule has 1 aromatic carbocycles. The Morgan fingerprint density at radius 2 is 2.23 bits per heavy atom. The minimum atomic E-state index is -0.599. The van der Waals surface area contributed by atoms with Gasteiger partial charge in [0.25, 0.3) is 5.91 Å². The summed E-state index contributed by atoms with van der Waals surface area (Å²) in [6.45, 7) is 10.3. The van der Waals surface area contributed by atoms with Gasteiger partial charge < -0.3 is 14.4 Å². The Bertz CT molecular complexity index is 609. The molecule has 118 valence electrons. The highest BCUT2D eigenvalue weighted by Gasteiger charge is 2.34. The van der Waals surface area contributed by atoms with Crippen molar-refractivity contribution in [3.05, 3.63) is 29.8 Å². The van der Waals surface area contributed by atoms with Crippen molar-refractivity contribution in [2.24, 2.45) is 0 Å². The van der Waals surface area contributed by atoms with Gasteiger partial charge in [0.05, 0.1) is 12.3 Å². The van der Waals surface area contributed by atoms with Crippen LogP contribution in [0.3, 0.4) is 0 Å². The fraction of sp³-hybridized carbons (Fsp3) is 0.412. The van der Waals surface area contributed by atoms with Gasteiger partial charge in [-0.05, 0) is 32.4 Å². The predicted octanol–water partition coefficient (Wildman–Crippen LogP) is 2.98. The highest BCUT2D eigenvalue weighted by atomic mass is 16.5. The number of carbonyl (C=O) groups is 2. The lowest BCUT2D eigenvalue weighted by molar-refractivity contribution is -0.125. The van der Waals surface area contributed by atoms with Crippen LogP contribution < -0.4 is 14.4 Å². The third kappa shape index (κ3) is 3.13. The number of fused-ring (bicyclic) bond motifs is 1. The van der Waals surface area contributed by atoms with E-state index >= 15 is 0 Å². The van der Waals surface area contributed by atoms with Crippen molar-refractivity contribution in [3.8, 4) is 11.5 Å². The number of ether oxygens (including phenoxy) is 2. The monoisotopic (exact) mass is 303 g/mol. The van der Waals surface area contributed by atoms with E-state index in [9.17, 15) is 9.59 Å². The molecule has 0 bridgehead atoms. The summed E-state index contributed by atoms with van der Waals surface area (Å²) in [4.78, 5) is 25.1. The maximum atomic E-state index is 12.4. The molecule has 0 aromatic heterocycles. The van der Waals surface area contributed by atoms with Crippen LogP contribution in [0.15, 0.2) is 24.3 Å². The van der Waals surface area contributed by atoms with Crippen molar-refractivity contribution in [1.82, 2.24) is 0 Å². The molecule has 2 rings (SSSR count). The zero-order chi connectivity index (χ0) is 16.3. The summed E-state index contributed by atoms with van der Waals surface area (Å²) in [5.41, 5.74) is 1.85. The van der Waals surface area contributed by atoms with Crippen molar-refractivity contribution >= 4 is 17.9 Å². The maximum Gasteiger partial charge on any atom is 0.268 e. The normalized spacial score (nSPS) is 16.8. The summed E-state index contributed by atoms with van der Waals surface area (Å²) in [5, 5.41) is 0. The van der Waals surface area contributed by atoms with E-state index in [1.54, 1.807) is 24.0 Å². The smallest absolute Gasteiger partial charge is 0.268 e. The summed E-state index contributed by atoms with van der Waals surface area (Å²) >= 11 is 0. The first-order valence-electron chi connectivity index (χ1n) is 7.36. The van der Waals surface area contributed by atoms with E-state index < -0.39 is 6.10 Å². The Morgan fingerprint density at radius 3 is 2.82 bits per heavy atom. The van der Waals surface area contributed by atoms with E-state index in [-0.39, 0.29) is 5.91 Å². The predicted molar refractivity (Wildman–Crippen MR) is 84.9 cm³/mol. The van der Waals surface area contributed by atoms with E-state index in [1.807, 2.05) is 13.8 Å². The van der Waals surface area contributed by atoms with Crippen LogP contribution in [-0.2, 0) is 4.79 Å². The Labute approximate surface area is 130 Å². The largest absolute Gasteiger partial charge is 0.490 e. The van der Waals surface area contributed by atoms with Crippen molar-refractivity contribution in [1.29, 1.82) is 0 Å². The number of rotatable bonds is 6. The molecular weight excluding hydrogens is 282 g/mol. The second-order valence-electron chi connectivity index (χ2n) is 5.48.